The third kappa shape index (κ3) is 4.75. The van der Waals surface area contributed by atoms with E-state index in [-0.39, 0.29) is 0 Å². The van der Waals surface area contributed by atoms with Gasteiger partial charge in [-0.3, -0.25) is 0 Å². The Morgan fingerprint density at radius 2 is 0.929 bits per heavy atom. The van der Waals surface area contributed by atoms with Crippen LogP contribution in [0.5, 0.6) is 0 Å². The topological polar surface area (TPSA) is 43.6 Å². The standard InChI is InChI=1S/C51H30N4S/c1-2-14-33-30-46-42(28-32(33)13-1)38-17-5-7-23-44(38)55(46)45-24-11-19-36-37(45)20-10-22-41(36)51-53-49(34-26-27-48-43(29-34)39-18-6-8-25-47(39)56-48)52-50(54-51)40-21-9-15-31-12-3-4-16-35(31)40/h1-30H. The maximum absolute atomic E-state index is 5.30. The molecule has 0 aliphatic rings. The van der Waals surface area contributed by atoms with E-state index < -0.39 is 0 Å². The Balaban J connectivity index is 1.11. The second-order valence-corrected chi connectivity index (χ2v) is 15.5. The van der Waals surface area contributed by atoms with Gasteiger partial charge in [-0.2, -0.15) is 0 Å². The van der Waals surface area contributed by atoms with Gasteiger partial charge in [0.05, 0.1) is 16.7 Å². The highest BCUT2D eigenvalue weighted by molar-refractivity contribution is 7.25. The third-order valence-corrected chi connectivity index (χ3v) is 12.4. The lowest BCUT2D eigenvalue weighted by Crippen LogP contribution is -2.01. The second kappa shape index (κ2) is 12.2. The van der Waals surface area contributed by atoms with Crippen LogP contribution in [0.3, 0.4) is 0 Å². The van der Waals surface area contributed by atoms with Crippen LogP contribution in [0.2, 0.25) is 0 Å². The zero-order chi connectivity index (χ0) is 36.7. The Hall–Kier alpha value is -7.21. The highest BCUT2D eigenvalue weighted by Crippen LogP contribution is 2.40. The molecule has 0 aliphatic heterocycles. The molecule has 0 spiro atoms. The van der Waals surface area contributed by atoms with Gasteiger partial charge in [-0.15, -0.1) is 11.3 Å². The van der Waals surface area contributed by atoms with Crippen molar-refractivity contribution >= 4 is 85.6 Å². The van der Waals surface area contributed by atoms with Gasteiger partial charge in [-0.1, -0.05) is 133 Å². The Kier molecular flexibility index (Phi) is 6.76. The minimum absolute atomic E-state index is 0.643. The molecule has 12 aromatic rings. The van der Waals surface area contributed by atoms with E-state index in [0.29, 0.717) is 17.5 Å². The van der Waals surface area contributed by atoms with E-state index in [4.69, 9.17) is 15.0 Å². The van der Waals surface area contributed by atoms with Crippen LogP contribution < -0.4 is 0 Å². The van der Waals surface area contributed by atoms with Crippen molar-refractivity contribution in [2.45, 2.75) is 0 Å². The van der Waals surface area contributed by atoms with Crippen molar-refractivity contribution in [2.24, 2.45) is 0 Å². The van der Waals surface area contributed by atoms with Gasteiger partial charge in [0.1, 0.15) is 0 Å². The fourth-order valence-electron chi connectivity index (χ4n) is 8.63. The van der Waals surface area contributed by atoms with Crippen molar-refractivity contribution in [1.82, 2.24) is 19.5 Å². The summed E-state index contributed by atoms with van der Waals surface area (Å²) in [7, 11) is 0. The second-order valence-electron chi connectivity index (χ2n) is 14.4. The Labute approximate surface area is 325 Å². The maximum atomic E-state index is 5.30. The smallest absolute Gasteiger partial charge is 0.164 e. The van der Waals surface area contributed by atoms with Crippen LogP contribution in [0.4, 0.5) is 0 Å². The molecule has 0 saturated carbocycles. The Morgan fingerprint density at radius 3 is 1.79 bits per heavy atom. The van der Waals surface area contributed by atoms with Crippen LogP contribution in [-0.4, -0.2) is 19.5 Å². The lowest BCUT2D eigenvalue weighted by atomic mass is 10.0. The normalized spacial score (nSPS) is 11.9. The van der Waals surface area contributed by atoms with E-state index in [0.717, 1.165) is 43.9 Å². The maximum Gasteiger partial charge on any atom is 0.164 e. The fraction of sp³-hybridized carbons (Fsp3) is 0. The van der Waals surface area contributed by atoms with Crippen molar-refractivity contribution in [2.75, 3.05) is 0 Å². The highest BCUT2D eigenvalue weighted by Gasteiger charge is 2.19. The van der Waals surface area contributed by atoms with Crippen molar-refractivity contribution < 1.29 is 0 Å². The molecule has 0 N–H and O–H groups in total. The number of rotatable bonds is 4. The van der Waals surface area contributed by atoms with Crippen molar-refractivity contribution in [3.8, 4) is 39.9 Å². The van der Waals surface area contributed by atoms with Gasteiger partial charge in [0.2, 0.25) is 0 Å². The number of para-hydroxylation sites is 1. The summed E-state index contributed by atoms with van der Waals surface area (Å²) in [5, 5.41) is 11.9. The molecule has 0 unspecified atom stereocenters. The summed E-state index contributed by atoms with van der Waals surface area (Å²) in [5.41, 5.74) is 6.37. The first kappa shape index (κ1) is 31.2. The summed E-state index contributed by atoms with van der Waals surface area (Å²) in [5.74, 6) is 1.95. The van der Waals surface area contributed by atoms with Crippen molar-refractivity contribution in [3.63, 3.8) is 0 Å². The lowest BCUT2D eigenvalue weighted by molar-refractivity contribution is 1.08. The molecule has 56 heavy (non-hydrogen) atoms. The molecule has 0 amide bonds. The number of fused-ring (bicyclic) bond motifs is 9. The average molecular weight is 731 g/mol. The zero-order valence-electron chi connectivity index (χ0n) is 30.0. The lowest BCUT2D eigenvalue weighted by Gasteiger charge is -2.15. The molecule has 260 valence electrons. The van der Waals surface area contributed by atoms with Gasteiger partial charge >= 0.3 is 0 Å². The van der Waals surface area contributed by atoms with Gasteiger partial charge in [-0.25, -0.2) is 15.0 Å². The summed E-state index contributed by atoms with van der Waals surface area (Å²) in [4.78, 5) is 15.8. The van der Waals surface area contributed by atoms with Gasteiger partial charge in [0, 0.05) is 53.0 Å². The van der Waals surface area contributed by atoms with Crippen LogP contribution >= 0.6 is 11.3 Å². The largest absolute Gasteiger partial charge is 0.309 e. The average Bonchev–Trinajstić information content (AvgIpc) is 3.79. The van der Waals surface area contributed by atoms with E-state index >= 15 is 0 Å². The molecule has 0 radical (unpaired) electrons. The van der Waals surface area contributed by atoms with Crippen LogP contribution in [0.15, 0.2) is 182 Å². The monoisotopic (exact) mass is 730 g/mol. The SMILES string of the molecule is c1ccc2cc3c(cc2c1)c1ccccc1n3-c1cccc2c(-c3nc(-c4ccc5sc6ccccc6c5c4)nc(-c4cccc5ccccc45)n3)cccc12. The molecule has 12 rings (SSSR count). The first-order valence-corrected chi connectivity index (χ1v) is 19.7. The fourth-order valence-corrected chi connectivity index (χ4v) is 9.72. The number of hydrogen-bond donors (Lipinski definition) is 0. The quantitative estimate of drug-likeness (QED) is 0.181. The van der Waals surface area contributed by atoms with Crippen molar-refractivity contribution in [3.05, 3.63) is 182 Å². The molecule has 3 aromatic heterocycles. The predicted octanol–water partition coefficient (Wildman–Crippen LogP) is 13.8. The van der Waals surface area contributed by atoms with E-state index in [1.165, 1.54) is 52.8 Å². The van der Waals surface area contributed by atoms with E-state index in [9.17, 15) is 0 Å². The van der Waals surface area contributed by atoms with Gasteiger partial charge in [0.15, 0.2) is 17.5 Å². The molecule has 0 saturated heterocycles. The summed E-state index contributed by atoms with van der Waals surface area (Å²) in [6.07, 6.45) is 0. The minimum Gasteiger partial charge on any atom is -0.309 e. The molecule has 0 aliphatic carbocycles. The van der Waals surface area contributed by atoms with Crippen LogP contribution in [0, 0.1) is 0 Å². The summed E-state index contributed by atoms with van der Waals surface area (Å²) >= 11 is 1.81. The summed E-state index contributed by atoms with van der Waals surface area (Å²) < 4.78 is 4.94. The van der Waals surface area contributed by atoms with E-state index in [2.05, 4.69) is 187 Å². The number of nitrogens with zero attached hydrogens (tertiary/aromatic N) is 4. The number of hydrogen-bond acceptors (Lipinski definition) is 4. The van der Waals surface area contributed by atoms with Crippen molar-refractivity contribution in [1.29, 1.82) is 0 Å². The molecule has 0 atom stereocenters. The number of thiophene rings is 1. The van der Waals surface area contributed by atoms with Gasteiger partial charge < -0.3 is 4.57 Å². The third-order valence-electron chi connectivity index (χ3n) is 11.2. The molecular weight excluding hydrogens is 701 g/mol. The zero-order valence-corrected chi connectivity index (χ0v) is 30.8. The molecule has 0 fully saturated rings. The van der Waals surface area contributed by atoms with Gasteiger partial charge in [-0.05, 0) is 75.5 Å². The molecule has 5 heteroatoms. The Morgan fingerprint density at radius 1 is 0.339 bits per heavy atom. The molecule has 9 aromatic carbocycles. The van der Waals surface area contributed by atoms with Gasteiger partial charge in [0.25, 0.3) is 0 Å². The predicted molar refractivity (Wildman–Crippen MR) is 236 cm³/mol. The molecule has 3 heterocycles. The number of aromatic nitrogens is 4. The van der Waals surface area contributed by atoms with Crippen LogP contribution in [-0.2, 0) is 0 Å². The first-order chi connectivity index (χ1) is 27.7. The molecular formula is C51H30N4S. The summed E-state index contributed by atoms with van der Waals surface area (Å²) in [6.45, 7) is 0. The van der Waals surface area contributed by atoms with E-state index in [1.807, 2.05) is 11.3 Å². The molecule has 0 bridgehead atoms. The minimum atomic E-state index is 0.643. The molecule has 4 nitrogen and oxygen atoms in total. The summed E-state index contributed by atoms with van der Waals surface area (Å²) in [6, 6.07) is 65.1. The highest BCUT2D eigenvalue weighted by atomic mass is 32.1. The van der Waals surface area contributed by atoms with E-state index in [1.54, 1.807) is 0 Å². The van der Waals surface area contributed by atoms with Crippen LogP contribution in [0.1, 0.15) is 0 Å². The first-order valence-electron chi connectivity index (χ1n) is 18.9. The van der Waals surface area contributed by atoms with Crippen LogP contribution in [0.25, 0.3) is 114 Å². The number of benzene rings is 9. The Bertz CT molecular complexity index is 3550.